The maximum absolute atomic E-state index is 14.1. The molecular formula is C16H20F2. The Bertz CT molecular complexity index is 434. The zero-order valence-electron chi connectivity index (χ0n) is 11.1. The van der Waals surface area contributed by atoms with Crippen molar-refractivity contribution in [3.05, 3.63) is 47.0 Å². The van der Waals surface area contributed by atoms with Crippen LogP contribution in [-0.2, 0) is 5.41 Å². The third kappa shape index (κ3) is 2.09. The number of allylic oxidation sites excluding steroid dienone is 2. The van der Waals surface area contributed by atoms with Gasteiger partial charge in [-0.2, -0.15) is 0 Å². The first-order chi connectivity index (χ1) is 8.62. The molecule has 0 atom stereocenters. The predicted molar refractivity (Wildman–Crippen MR) is 70.6 cm³/mol. The molecule has 0 saturated heterocycles. The van der Waals surface area contributed by atoms with Gasteiger partial charge >= 0.3 is 0 Å². The van der Waals surface area contributed by atoms with Crippen LogP contribution in [0.5, 0.6) is 0 Å². The minimum atomic E-state index is -0.428. The normalized spacial score (nSPS) is 19.9. The van der Waals surface area contributed by atoms with Gasteiger partial charge in [-0.15, -0.1) is 0 Å². The highest BCUT2D eigenvalue weighted by atomic mass is 19.1. The fraction of sp³-hybridized carbons (Fsp3) is 0.500. The summed E-state index contributed by atoms with van der Waals surface area (Å²) in [6.45, 7) is 3.95. The molecule has 0 spiro atoms. The van der Waals surface area contributed by atoms with Gasteiger partial charge in [-0.25, -0.2) is 8.78 Å². The summed E-state index contributed by atoms with van der Waals surface area (Å²) in [4.78, 5) is 0. The van der Waals surface area contributed by atoms with Gasteiger partial charge in [-0.05, 0) is 38.8 Å². The summed E-state index contributed by atoms with van der Waals surface area (Å²) in [6, 6.07) is 4.19. The molecule has 2 heteroatoms. The Kier molecular flexibility index (Phi) is 3.84. The third-order valence-electron chi connectivity index (χ3n) is 4.34. The van der Waals surface area contributed by atoms with Crippen LogP contribution in [0.15, 0.2) is 29.8 Å². The van der Waals surface area contributed by atoms with Gasteiger partial charge in [0.1, 0.15) is 11.6 Å². The van der Waals surface area contributed by atoms with Crippen LogP contribution in [0.2, 0.25) is 0 Å². The minimum absolute atomic E-state index is 0.278. The fourth-order valence-electron chi connectivity index (χ4n) is 3.23. The first-order valence-corrected chi connectivity index (χ1v) is 6.70. The maximum atomic E-state index is 14.1. The molecule has 0 nitrogen and oxygen atoms in total. The number of halogens is 2. The van der Waals surface area contributed by atoms with Gasteiger partial charge in [-0.1, -0.05) is 37.0 Å². The average Bonchev–Trinajstić information content (AvgIpc) is 2.38. The van der Waals surface area contributed by atoms with E-state index in [-0.39, 0.29) is 5.56 Å². The average molecular weight is 250 g/mol. The van der Waals surface area contributed by atoms with Crippen molar-refractivity contribution in [3.8, 4) is 0 Å². The molecule has 0 amide bonds. The molecule has 1 aromatic carbocycles. The Hall–Kier alpha value is -1.18. The van der Waals surface area contributed by atoms with E-state index in [4.69, 9.17) is 0 Å². The van der Waals surface area contributed by atoms with Crippen molar-refractivity contribution in [2.75, 3.05) is 0 Å². The monoisotopic (exact) mass is 250 g/mol. The molecule has 0 N–H and O–H groups in total. The molecule has 1 aromatic rings. The van der Waals surface area contributed by atoms with E-state index in [1.807, 2.05) is 19.9 Å². The van der Waals surface area contributed by atoms with E-state index in [9.17, 15) is 8.78 Å². The summed E-state index contributed by atoms with van der Waals surface area (Å²) in [6.07, 6.45) is 6.94. The lowest BCUT2D eigenvalue weighted by atomic mass is 9.65. The van der Waals surface area contributed by atoms with Gasteiger partial charge < -0.3 is 0 Å². The van der Waals surface area contributed by atoms with Gasteiger partial charge in [0.15, 0.2) is 0 Å². The lowest BCUT2D eigenvalue weighted by Gasteiger charge is -2.39. The predicted octanol–water partition coefficient (Wildman–Crippen LogP) is 5.13. The standard InChI is InChI=1S/C16H20F2/c1-3-12(2)16(10-5-4-6-11-16)15-13(17)8-7-9-14(15)18/h3,7-9H,4-6,10-11H2,1-2H3/b12-3+. The number of hydrogen-bond acceptors (Lipinski definition) is 0. The molecule has 2 rings (SSSR count). The van der Waals surface area contributed by atoms with Crippen molar-refractivity contribution in [2.45, 2.75) is 51.4 Å². The maximum Gasteiger partial charge on any atom is 0.130 e. The van der Waals surface area contributed by atoms with Crippen LogP contribution in [0.3, 0.4) is 0 Å². The van der Waals surface area contributed by atoms with Gasteiger partial charge in [0.25, 0.3) is 0 Å². The lowest BCUT2D eigenvalue weighted by molar-refractivity contribution is 0.317. The number of rotatable bonds is 2. The van der Waals surface area contributed by atoms with Crippen LogP contribution in [0.25, 0.3) is 0 Å². The van der Waals surface area contributed by atoms with E-state index in [0.717, 1.165) is 37.7 Å². The Morgan fingerprint density at radius 2 is 1.67 bits per heavy atom. The highest BCUT2D eigenvalue weighted by Crippen LogP contribution is 2.46. The molecule has 1 aliphatic rings. The Morgan fingerprint density at radius 3 is 2.17 bits per heavy atom. The largest absolute Gasteiger partial charge is 0.207 e. The Balaban J connectivity index is 2.60. The summed E-state index contributed by atoms with van der Waals surface area (Å²) in [5, 5.41) is 0. The van der Waals surface area contributed by atoms with E-state index in [0.29, 0.717) is 0 Å². The second-order valence-corrected chi connectivity index (χ2v) is 5.21. The van der Waals surface area contributed by atoms with Crippen LogP contribution in [0, 0.1) is 11.6 Å². The summed E-state index contributed by atoms with van der Waals surface area (Å²) in [7, 11) is 0. The van der Waals surface area contributed by atoms with Crippen molar-refractivity contribution in [3.63, 3.8) is 0 Å². The van der Waals surface area contributed by atoms with Gasteiger partial charge in [0.05, 0.1) is 0 Å². The van der Waals surface area contributed by atoms with Crippen LogP contribution in [0.1, 0.15) is 51.5 Å². The molecule has 1 fully saturated rings. The third-order valence-corrected chi connectivity index (χ3v) is 4.34. The lowest BCUT2D eigenvalue weighted by Crippen LogP contribution is -2.32. The van der Waals surface area contributed by atoms with Crippen LogP contribution < -0.4 is 0 Å². The van der Waals surface area contributed by atoms with Crippen molar-refractivity contribution in [1.29, 1.82) is 0 Å². The topological polar surface area (TPSA) is 0 Å². The first kappa shape index (κ1) is 13.3. The molecule has 1 aliphatic carbocycles. The van der Waals surface area contributed by atoms with E-state index in [1.54, 1.807) is 0 Å². The van der Waals surface area contributed by atoms with Gasteiger partial charge in [-0.3, -0.25) is 0 Å². The summed E-state index contributed by atoms with van der Waals surface area (Å²) >= 11 is 0. The molecule has 0 radical (unpaired) electrons. The van der Waals surface area contributed by atoms with Crippen LogP contribution >= 0.6 is 0 Å². The summed E-state index contributed by atoms with van der Waals surface area (Å²) < 4.78 is 28.2. The Morgan fingerprint density at radius 1 is 1.11 bits per heavy atom. The van der Waals surface area contributed by atoms with Gasteiger partial charge in [0.2, 0.25) is 0 Å². The van der Waals surface area contributed by atoms with Crippen molar-refractivity contribution in [1.82, 2.24) is 0 Å². The SMILES string of the molecule is C/C=C(\C)C1(c2c(F)cccc2F)CCCCC1. The summed E-state index contributed by atoms with van der Waals surface area (Å²) in [5.41, 5.74) is 0.939. The molecule has 0 aromatic heterocycles. The van der Waals surface area contributed by atoms with E-state index < -0.39 is 17.0 Å². The zero-order valence-corrected chi connectivity index (χ0v) is 11.1. The molecule has 0 unspecified atom stereocenters. The van der Waals surface area contributed by atoms with E-state index in [2.05, 4.69) is 0 Å². The second kappa shape index (κ2) is 5.21. The highest BCUT2D eigenvalue weighted by molar-refractivity contribution is 5.38. The van der Waals surface area contributed by atoms with Crippen molar-refractivity contribution < 1.29 is 8.78 Å². The minimum Gasteiger partial charge on any atom is -0.207 e. The van der Waals surface area contributed by atoms with Crippen molar-refractivity contribution >= 4 is 0 Å². The fourth-order valence-corrected chi connectivity index (χ4v) is 3.23. The molecule has 18 heavy (non-hydrogen) atoms. The van der Waals surface area contributed by atoms with Crippen LogP contribution in [-0.4, -0.2) is 0 Å². The quantitative estimate of drug-likeness (QED) is 0.638. The van der Waals surface area contributed by atoms with Crippen molar-refractivity contribution in [2.24, 2.45) is 0 Å². The molecule has 0 bridgehead atoms. The highest BCUT2D eigenvalue weighted by Gasteiger charge is 2.39. The van der Waals surface area contributed by atoms with Crippen LogP contribution in [0.4, 0.5) is 8.78 Å². The van der Waals surface area contributed by atoms with Gasteiger partial charge in [0, 0.05) is 11.0 Å². The van der Waals surface area contributed by atoms with E-state index >= 15 is 0 Å². The summed E-state index contributed by atoms with van der Waals surface area (Å²) in [5.74, 6) is -0.809. The number of hydrogen-bond donors (Lipinski definition) is 0. The Labute approximate surface area is 108 Å². The molecule has 0 heterocycles. The first-order valence-electron chi connectivity index (χ1n) is 6.70. The molecule has 98 valence electrons. The molecule has 1 saturated carbocycles. The molecular weight excluding hydrogens is 230 g/mol. The smallest absolute Gasteiger partial charge is 0.130 e. The molecule has 0 aliphatic heterocycles. The zero-order chi connectivity index (χ0) is 13.2. The second-order valence-electron chi connectivity index (χ2n) is 5.21. The number of benzene rings is 1. The van der Waals surface area contributed by atoms with E-state index in [1.165, 1.54) is 18.2 Å².